The minimum absolute atomic E-state index is 0.000525. The Morgan fingerprint density at radius 3 is 2.71 bits per heavy atom. The fraction of sp³-hybridized carbons (Fsp3) is 0.562. The van der Waals surface area contributed by atoms with Gasteiger partial charge in [0.1, 0.15) is 0 Å². The van der Waals surface area contributed by atoms with Gasteiger partial charge in [-0.05, 0) is 25.5 Å². The lowest BCUT2D eigenvalue weighted by molar-refractivity contribution is -0.120. The molecule has 8 heteroatoms. The number of aldehydes is 1. The molecule has 0 aromatic carbocycles. The summed E-state index contributed by atoms with van der Waals surface area (Å²) in [5, 5.41) is 12.0. The summed E-state index contributed by atoms with van der Waals surface area (Å²) in [5.41, 5.74) is 0.809. The smallest absolute Gasteiger partial charge is 0.337 e. The molecule has 0 bridgehead atoms. The van der Waals surface area contributed by atoms with Crippen LogP contribution >= 0.6 is 0 Å². The number of carbonyl (C=O) groups excluding carboxylic acids is 2. The van der Waals surface area contributed by atoms with E-state index >= 15 is 0 Å². The number of nitrogens with zero attached hydrogens (tertiary/aromatic N) is 1. The Kier molecular flexibility index (Phi) is 6.51. The number of rotatable bonds is 8. The van der Waals surface area contributed by atoms with E-state index in [2.05, 4.69) is 15.2 Å². The number of hydrogen-bond acceptors (Lipinski definition) is 5. The zero-order valence-electron chi connectivity index (χ0n) is 13.8. The van der Waals surface area contributed by atoms with E-state index in [1.807, 2.05) is 0 Å². The van der Waals surface area contributed by atoms with E-state index in [1.165, 1.54) is 0 Å². The van der Waals surface area contributed by atoms with Gasteiger partial charge in [-0.3, -0.25) is 14.5 Å². The lowest BCUT2D eigenvalue weighted by Crippen LogP contribution is -2.38. The van der Waals surface area contributed by atoms with Crippen molar-refractivity contribution in [2.45, 2.75) is 19.8 Å². The number of aromatic carboxylic acids is 1. The molecule has 0 radical (unpaired) electrons. The average molecular weight is 337 g/mol. The van der Waals surface area contributed by atoms with E-state index in [9.17, 15) is 19.5 Å². The topological polar surface area (TPSA) is 112 Å². The highest BCUT2D eigenvalue weighted by Crippen LogP contribution is 2.18. The van der Waals surface area contributed by atoms with Gasteiger partial charge in [0.25, 0.3) is 0 Å². The van der Waals surface area contributed by atoms with Crippen molar-refractivity contribution in [3.05, 3.63) is 22.5 Å². The minimum Gasteiger partial charge on any atom is -0.478 e. The van der Waals surface area contributed by atoms with Crippen LogP contribution in [0.25, 0.3) is 0 Å². The Labute approximate surface area is 140 Å². The van der Waals surface area contributed by atoms with Crippen molar-refractivity contribution in [2.24, 2.45) is 0 Å². The number of H-pyrrole nitrogens is 1. The van der Waals surface area contributed by atoms with E-state index in [0.29, 0.717) is 18.4 Å². The van der Waals surface area contributed by atoms with Crippen LogP contribution in [0.3, 0.4) is 0 Å². The van der Waals surface area contributed by atoms with Crippen LogP contribution in [-0.2, 0) is 16.0 Å². The zero-order chi connectivity index (χ0) is 17.5. The van der Waals surface area contributed by atoms with Crippen molar-refractivity contribution in [2.75, 3.05) is 39.4 Å². The molecule has 0 saturated carbocycles. The van der Waals surface area contributed by atoms with Gasteiger partial charge in [-0.2, -0.15) is 0 Å². The minimum atomic E-state index is -1.15. The molecular weight excluding hydrogens is 314 g/mol. The van der Waals surface area contributed by atoms with Crippen molar-refractivity contribution in [3.8, 4) is 0 Å². The third-order valence-corrected chi connectivity index (χ3v) is 4.11. The number of nitrogens with one attached hydrogen (secondary N) is 2. The second-order valence-electron chi connectivity index (χ2n) is 5.77. The second-order valence-corrected chi connectivity index (χ2v) is 5.77. The molecule has 8 nitrogen and oxygen atoms in total. The highest BCUT2D eigenvalue weighted by Gasteiger charge is 2.21. The summed E-state index contributed by atoms with van der Waals surface area (Å²) in [7, 11) is 0. The van der Waals surface area contributed by atoms with Crippen LogP contribution in [0.2, 0.25) is 0 Å². The Balaban J connectivity index is 1.81. The van der Waals surface area contributed by atoms with E-state index < -0.39 is 5.97 Å². The Morgan fingerprint density at radius 1 is 1.38 bits per heavy atom. The maximum atomic E-state index is 12.0. The lowest BCUT2D eigenvalue weighted by Gasteiger charge is -2.26. The van der Waals surface area contributed by atoms with E-state index in [0.717, 1.165) is 39.3 Å². The van der Waals surface area contributed by atoms with Crippen LogP contribution in [0.1, 0.15) is 38.5 Å². The summed E-state index contributed by atoms with van der Waals surface area (Å²) in [6.45, 7) is 6.27. The summed E-state index contributed by atoms with van der Waals surface area (Å²) in [5.74, 6) is -1.41. The molecule has 1 saturated heterocycles. The molecule has 1 fully saturated rings. The SMILES string of the molecule is Cc1c(C=O)[nH]c(CC(=O)NCCCN2CCOCC2)c1C(=O)O. The maximum absolute atomic E-state index is 12.0. The van der Waals surface area contributed by atoms with Crippen LogP contribution < -0.4 is 5.32 Å². The predicted molar refractivity (Wildman–Crippen MR) is 86.5 cm³/mol. The molecule has 24 heavy (non-hydrogen) atoms. The van der Waals surface area contributed by atoms with Gasteiger partial charge in [0, 0.05) is 25.3 Å². The first-order valence-electron chi connectivity index (χ1n) is 7.99. The summed E-state index contributed by atoms with van der Waals surface area (Å²) in [4.78, 5) is 39.2. The summed E-state index contributed by atoms with van der Waals surface area (Å²) in [6.07, 6.45) is 1.29. The van der Waals surface area contributed by atoms with Gasteiger partial charge in [0.05, 0.1) is 30.9 Å². The monoisotopic (exact) mass is 337 g/mol. The molecule has 0 unspecified atom stereocenters. The van der Waals surface area contributed by atoms with Crippen LogP contribution in [0, 0.1) is 6.92 Å². The van der Waals surface area contributed by atoms with Crippen LogP contribution in [0.15, 0.2) is 0 Å². The van der Waals surface area contributed by atoms with Gasteiger partial charge in [-0.15, -0.1) is 0 Å². The van der Waals surface area contributed by atoms with Gasteiger partial charge in [0.2, 0.25) is 5.91 Å². The number of ether oxygens (including phenoxy) is 1. The molecule has 1 aromatic heterocycles. The Morgan fingerprint density at radius 2 is 2.08 bits per heavy atom. The molecule has 2 heterocycles. The largest absolute Gasteiger partial charge is 0.478 e. The zero-order valence-corrected chi connectivity index (χ0v) is 13.8. The van der Waals surface area contributed by atoms with Crippen molar-refractivity contribution in [1.82, 2.24) is 15.2 Å². The van der Waals surface area contributed by atoms with E-state index in [-0.39, 0.29) is 29.3 Å². The first kappa shape index (κ1) is 18.2. The molecule has 132 valence electrons. The van der Waals surface area contributed by atoms with Gasteiger partial charge in [0.15, 0.2) is 6.29 Å². The molecule has 0 spiro atoms. The molecule has 1 aliphatic heterocycles. The number of morpholine rings is 1. The number of carbonyl (C=O) groups is 3. The summed E-state index contributed by atoms with van der Waals surface area (Å²) in [6, 6.07) is 0. The van der Waals surface area contributed by atoms with Crippen molar-refractivity contribution in [3.63, 3.8) is 0 Å². The molecule has 0 aliphatic carbocycles. The number of amides is 1. The second kappa shape index (κ2) is 8.60. The number of carboxylic acids is 1. The first-order valence-corrected chi connectivity index (χ1v) is 7.99. The third-order valence-electron chi connectivity index (χ3n) is 4.11. The van der Waals surface area contributed by atoms with Gasteiger partial charge < -0.3 is 20.1 Å². The number of carboxylic acid groups (broad SMARTS) is 1. The average Bonchev–Trinajstić information content (AvgIpc) is 2.88. The van der Waals surface area contributed by atoms with Gasteiger partial charge in [-0.1, -0.05) is 0 Å². The number of aromatic amines is 1. The van der Waals surface area contributed by atoms with Crippen molar-refractivity contribution >= 4 is 18.2 Å². The molecule has 1 aromatic rings. The van der Waals surface area contributed by atoms with E-state index in [1.54, 1.807) is 6.92 Å². The highest BCUT2D eigenvalue weighted by molar-refractivity contribution is 5.95. The standard InChI is InChI=1S/C16H23N3O5/c1-11-13(10-20)18-12(15(11)16(22)23)9-14(21)17-3-2-4-19-5-7-24-8-6-19/h10,18H,2-9H2,1H3,(H,17,21)(H,22,23). The molecular formula is C16H23N3O5. The predicted octanol–water partition coefficient (Wildman–Crippen LogP) is 0.215. The van der Waals surface area contributed by atoms with Crippen molar-refractivity contribution in [1.29, 1.82) is 0 Å². The van der Waals surface area contributed by atoms with Crippen molar-refractivity contribution < 1.29 is 24.2 Å². The fourth-order valence-electron chi connectivity index (χ4n) is 2.80. The maximum Gasteiger partial charge on any atom is 0.337 e. The first-order chi connectivity index (χ1) is 11.5. The Hall–Kier alpha value is -2.19. The van der Waals surface area contributed by atoms with Crippen LogP contribution in [-0.4, -0.2) is 72.5 Å². The van der Waals surface area contributed by atoms with Gasteiger partial charge >= 0.3 is 5.97 Å². The number of hydrogen-bond donors (Lipinski definition) is 3. The normalized spacial score (nSPS) is 15.2. The third kappa shape index (κ3) is 4.65. The molecule has 0 atom stereocenters. The highest BCUT2D eigenvalue weighted by atomic mass is 16.5. The van der Waals surface area contributed by atoms with Gasteiger partial charge in [-0.25, -0.2) is 4.79 Å². The van der Waals surface area contributed by atoms with E-state index in [4.69, 9.17) is 4.74 Å². The molecule has 1 amide bonds. The summed E-state index contributed by atoms with van der Waals surface area (Å²) >= 11 is 0. The molecule has 2 rings (SSSR count). The van der Waals surface area contributed by atoms with Crippen LogP contribution in [0.5, 0.6) is 0 Å². The quantitative estimate of drug-likeness (QED) is 0.462. The van der Waals surface area contributed by atoms with Crippen LogP contribution in [0.4, 0.5) is 0 Å². The number of aromatic nitrogens is 1. The Bertz CT molecular complexity index is 605. The fourth-order valence-corrected chi connectivity index (χ4v) is 2.80. The summed E-state index contributed by atoms with van der Waals surface area (Å²) < 4.78 is 5.27. The molecule has 1 aliphatic rings. The molecule has 3 N–H and O–H groups in total. The lowest BCUT2D eigenvalue weighted by atomic mass is 10.1.